The van der Waals surface area contributed by atoms with Gasteiger partial charge in [-0.05, 0) is 68.3 Å². The molecule has 6 rings (SSSR count). The van der Waals surface area contributed by atoms with Gasteiger partial charge in [0.05, 0.1) is 46.4 Å². The maximum atomic E-state index is 14.2. The van der Waals surface area contributed by atoms with Gasteiger partial charge >= 0.3 is 6.09 Å². The van der Waals surface area contributed by atoms with Crippen molar-refractivity contribution in [2.24, 2.45) is 11.8 Å². The minimum absolute atomic E-state index is 0.0190. The molecule has 49 heavy (non-hydrogen) atoms. The van der Waals surface area contributed by atoms with Crippen LogP contribution in [-0.4, -0.2) is 98.4 Å². The number of nitrogens with one attached hydrogen (secondary N) is 3. The van der Waals surface area contributed by atoms with Crippen LogP contribution in [0, 0.1) is 11.8 Å². The first-order valence-corrected chi connectivity index (χ1v) is 19.7. The molecule has 0 spiro atoms. The van der Waals surface area contributed by atoms with E-state index >= 15 is 0 Å². The van der Waals surface area contributed by atoms with Crippen LogP contribution in [0.1, 0.15) is 52.0 Å². The number of carbonyl (C=O) groups is 1. The third kappa shape index (κ3) is 8.73. The van der Waals surface area contributed by atoms with E-state index in [9.17, 15) is 18.3 Å². The maximum absolute atomic E-state index is 14.2. The number of fused-ring (bicyclic) bond motifs is 2. The van der Waals surface area contributed by atoms with Crippen molar-refractivity contribution >= 4 is 42.8 Å². The lowest BCUT2D eigenvalue weighted by Gasteiger charge is -2.31. The molecule has 2 aromatic carbocycles. The average molecular weight is 716 g/mol. The summed E-state index contributed by atoms with van der Waals surface area (Å²) in [5.41, 5.74) is 1.61. The van der Waals surface area contributed by atoms with E-state index in [1.807, 2.05) is 44.2 Å². The van der Waals surface area contributed by atoms with Crippen molar-refractivity contribution in [1.82, 2.24) is 19.9 Å². The molecule has 0 radical (unpaired) electrons. The predicted octanol–water partition coefficient (Wildman–Crippen LogP) is 4.35. The molecule has 1 amide bonds. The van der Waals surface area contributed by atoms with Crippen molar-refractivity contribution in [3.63, 3.8) is 0 Å². The molecule has 1 aromatic heterocycles. The van der Waals surface area contributed by atoms with Crippen molar-refractivity contribution < 1.29 is 32.5 Å². The molecule has 0 bridgehead atoms. The zero-order valence-corrected chi connectivity index (χ0v) is 30.0. The van der Waals surface area contributed by atoms with E-state index in [0.29, 0.717) is 12.6 Å². The molecule has 4 N–H and O–H groups in total. The molecule has 3 fully saturated rings. The number of thiazole rings is 1. The smallest absolute Gasteiger partial charge is 0.407 e. The number of hydrogen-bond donors (Lipinski definition) is 4. The van der Waals surface area contributed by atoms with Gasteiger partial charge < -0.3 is 35.3 Å². The van der Waals surface area contributed by atoms with Gasteiger partial charge in [-0.25, -0.2) is 18.2 Å². The Morgan fingerprint density at radius 1 is 1.16 bits per heavy atom. The van der Waals surface area contributed by atoms with Gasteiger partial charge in [-0.15, -0.1) is 0 Å². The highest BCUT2D eigenvalue weighted by Crippen LogP contribution is 2.33. The topological polar surface area (TPSA) is 151 Å². The summed E-state index contributed by atoms with van der Waals surface area (Å²) in [6.45, 7) is 7.80. The van der Waals surface area contributed by atoms with Gasteiger partial charge in [0.2, 0.25) is 10.0 Å². The number of anilines is 1. The number of alkyl carbamates (subject to hydrolysis) is 1. The van der Waals surface area contributed by atoms with Gasteiger partial charge in [0.1, 0.15) is 6.10 Å². The lowest BCUT2D eigenvalue weighted by Crippen LogP contribution is -2.51. The molecule has 3 aliphatic rings. The maximum Gasteiger partial charge on any atom is 0.407 e. The van der Waals surface area contributed by atoms with Crippen molar-refractivity contribution in [3.8, 4) is 0 Å². The predicted molar refractivity (Wildman–Crippen MR) is 189 cm³/mol. The number of rotatable bonds is 15. The molecule has 4 heterocycles. The Morgan fingerprint density at radius 3 is 2.71 bits per heavy atom. The highest BCUT2D eigenvalue weighted by molar-refractivity contribution is 7.89. The van der Waals surface area contributed by atoms with Gasteiger partial charge in [0.25, 0.3) is 0 Å². The van der Waals surface area contributed by atoms with E-state index in [1.165, 1.54) is 15.6 Å². The molecule has 268 valence electrons. The van der Waals surface area contributed by atoms with Crippen LogP contribution >= 0.6 is 11.3 Å². The van der Waals surface area contributed by atoms with Crippen LogP contribution in [0.2, 0.25) is 0 Å². The van der Waals surface area contributed by atoms with Gasteiger partial charge in [-0.1, -0.05) is 62.4 Å². The van der Waals surface area contributed by atoms with Crippen LogP contribution in [0.3, 0.4) is 0 Å². The summed E-state index contributed by atoms with van der Waals surface area (Å²) < 4.78 is 47.4. The fourth-order valence-corrected chi connectivity index (χ4v) is 9.70. The lowest BCUT2D eigenvalue weighted by atomic mass is 10.0. The minimum atomic E-state index is -4.03. The number of aliphatic hydroxyl groups excluding tert-OH is 1. The van der Waals surface area contributed by atoms with Crippen LogP contribution in [0.15, 0.2) is 53.4 Å². The summed E-state index contributed by atoms with van der Waals surface area (Å²) in [5.74, 6) is -0.0513. The number of hydrogen-bond acceptors (Lipinski definition) is 11. The number of aliphatic hydroxyl groups is 1. The summed E-state index contributed by atoms with van der Waals surface area (Å²) in [6, 6.07) is 14.3. The normalized spacial score (nSPS) is 24.3. The summed E-state index contributed by atoms with van der Waals surface area (Å²) >= 11 is 1.44. The molecule has 3 aliphatic heterocycles. The number of sulfonamides is 1. The van der Waals surface area contributed by atoms with Crippen LogP contribution in [0.4, 0.5) is 9.93 Å². The monoisotopic (exact) mass is 715 g/mol. The standard InChI is InChI=1S/C35H49N5O7S2/c1-4-26(27-11-8-15-36-27)37-34-38-28-13-12-24(18-32(28)48-34)49(43,44)40(19-22(2)3)20-30(41)29(17-23-9-6-5-7-10-23)39-35(42)47-31-21-46-33-25(31)14-16-45-33/h5-7,9-10,12-13,18,22,25-27,29-31,33,36,41H,4,8,11,14-17,19-21H2,1-3H3,(H,37,38)(H,39,42). The quantitative estimate of drug-likeness (QED) is 0.179. The largest absolute Gasteiger partial charge is 0.443 e. The molecule has 3 aromatic rings. The van der Waals surface area contributed by atoms with Gasteiger partial charge in [0.15, 0.2) is 11.4 Å². The third-order valence-corrected chi connectivity index (χ3v) is 12.4. The third-order valence-electron chi connectivity index (χ3n) is 9.60. The van der Waals surface area contributed by atoms with E-state index in [-0.39, 0.29) is 55.2 Å². The fourth-order valence-electron chi connectivity index (χ4n) is 7.01. The van der Waals surface area contributed by atoms with Gasteiger partial charge in [-0.3, -0.25) is 0 Å². The van der Waals surface area contributed by atoms with Gasteiger partial charge in [-0.2, -0.15) is 4.31 Å². The minimum Gasteiger partial charge on any atom is -0.443 e. The Labute approximate surface area is 293 Å². The summed E-state index contributed by atoms with van der Waals surface area (Å²) in [6.07, 6.45) is 1.50. The van der Waals surface area contributed by atoms with E-state index in [1.54, 1.807) is 18.2 Å². The molecule has 12 nitrogen and oxygen atoms in total. The molecule has 14 heteroatoms. The van der Waals surface area contributed by atoms with E-state index in [0.717, 1.165) is 53.1 Å². The molecule has 3 saturated heterocycles. The highest BCUT2D eigenvalue weighted by Gasteiger charge is 2.44. The number of aromatic nitrogens is 1. The Kier molecular flexibility index (Phi) is 11.7. The second-order valence-electron chi connectivity index (χ2n) is 13.7. The van der Waals surface area contributed by atoms with Gasteiger partial charge in [0, 0.05) is 25.2 Å². The molecule has 0 saturated carbocycles. The first-order chi connectivity index (χ1) is 23.6. The first-order valence-electron chi connectivity index (χ1n) is 17.4. The van der Waals surface area contributed by atoms with E-state index in [2.05, 4.69) is 22.9 Å². The molecule has 7 unspecified atom stereocenters. The molecule has 7 atom stereocenters. The number of amides is 1. The van der Waals surface area contributed by atoms with Crippen molar-refractivity contribution in [2.45, 2.75) is 94.4 Å². The molecular weight excluding hydrogens is 667 g/mol. The Hall–Kier alpha value is -2.85. The highest BCUT2D eigenvalue weighted by atomic mass is 32.2. The Morgan fingerprint density at radius 2 is 1.98 bits per heavy atom. The molecule has 0 aliphatic carbocycles. The first kappa shape index (κ1) is 36.0. The van der Waals surface area contributed by atoms with Crippen molar-refractivity contribution in [3.05, 3.63) is 54.1 Å². The zero-order valence-electron chi connectivity index (χ0n) is 28.4. The second-order valence-corrected chi connectivity index (χ2v) is 16.7. The second kappa shape index (κ2) is 16.0. The van der Waals surface area contributed by atoms with Crippen LogP contribution < -0.4 is 16.0 Å². The Balaban J connectivity index is 1.19. The summed E-state index contributed by atoms with van der Waals surface area (Å²) in [7, 11) is -4.03. The zero-order chi connectivity index (χ0) is 34.5. The van der Waals surface area contributed by atoms with E-state index < -0.39 is 34.4 Å². The van der Waals surface area contributed by atoms with Crippen LogP contribution in [0.25, 0.3) is 10.2 Å². The Bertz CT molecular complexity index is 1650. The number of benzene rings is 2. The SMILES string of the molecule is CCC(Nc1nc2ccc(S(=O)(=O)N(CC(C)C)CC(O)C(Cc3ccccc3)NC(=O)OC3COC4OCCC34)cc2s1)C1CCCN1. The average Bonchev–Trinajstić information content (AvgIpc) is 3.89. The number of carbonyl (C=O) groups excluding carboxylic acids is 1. The fraction of sp³-hybridized carbons (Fsp3) is 0.600. The van der Waals surface area contributed by atoms with Crippen molar-refractivity contribution in [1.29, 1.82) is 0 Å². The number of ether oxygens (including phenoxy) is 3. The van der Waals surface area contributed by atoms with Crippen LogP contribution in [0.5, 0.6) is 0 Å². The van der Waals surface area contributed by atoms with Crippen molar-refractivity contribution in [2.75, 3.05) is 38.2 Å². The number of nitrogens with zero attached hydrogens (tertiary/aromatic N) is 2. The molecular formula is C35H49N5O7S2. The van der Waals surface area contributed by atoms with Crippen LogP contribution in [-0.2, 0) is 30.7 Å². The summed E-state index contributed by atoms with van der Waals surface area (Å²) in [4.78, 5) is 18.1. The lowest BCUT2D eigenvalue weighted by molar-refractivity contribution is -0.0907. The van der Waals surface area contributed by atoms with E-state index in [4.69, 9.17) is 19.2 Å². The summed E-state index contributed by atoms with van der Waals surface area (Å²) in [5, 5.41) is 22.4.